The van der Waals surface area contributed by atoms with Gasteiger partial charge in [0.15, 0.2) is 0 Å². The van der Waals surface area contributed by atoms with E-state index in [2.05, 4.69) is 10.3 Å². The van der Waals surface area contributed by atoms with Gasteiger partial charge in [-0.3, -0.25) is 4.79 Å². The van der Waals surface area contributed by atoms with Gasteiger partial charge in [0.05, 0.1) is 23.6 Å². The lowest BCUT2D eigenvalue weighted by Gasteiger charge is -2.13. The van der Waals surface area contributed by atoms with Crippen LogP contribution in [0, 0.1) is 0 Å². The molecule has 0 fully saturated rings. The number of primary amides is 2. The third kappa shape index (κ3) is 2.47. The minimum absolute atomic E-state index is 0.282. The number of hydrogen-bond donors (Lipinski definition) is 5. The van der Waals surface area contributed by atoms with Gasteiger partial charge in [0.2, 0.25) is 0 Å². The number of aliphatic hydroxyl groups excluding tert-OH is 1. The normalized spacial score (nSPS) is 10.2. The molecule has 2 rings (SSSR count). The number of amides is 3. The second-order valence-electron chi connectivity index (χ2n) is 4.12. The Balaban J connectivity index is 2.63. The zero-order valence-electron chi connectivity index (χ0n) is 10.5. The summed E-state index contributed by atoms with van der Waals surface area (Å²) in [4.78, 5) is 25.4. The summed E-state index contributed by atoms with van der Waals surface area (Å²) >= 11 is 0. The molecule has 0 unspecified atom stereocenters. The molecule has 0 radical (unpaired) electrons. The highest BCUT2D eigenvalue weighted by Gasteiger charge is 2.17. The van der Waals surface area contributed by atoms with Crippen molar-refractivity contribution in [3.63, 3.8) is 0 Å². The third-order valence-electron chi connectivity index (χ3n) is 2.85. The van der Waals surface area contributed by atoms with Crippen LogP contribution in [-0.2, 0) is 6.61 Å². The van der Waals surface area contributed by atoms with E-state index in [1.165, 1.54) is 6.07 Å². The molecule has 0 saturated carbocycles. The zero-order chi connectivity index (χ0) is 14.7. The molecule has 1 heterocycles. The van der Waals surface area contributed by atoms with Crippen molar-refractivity contribution in [1.82, 2.24) is 4.98 Å². The molecule has 0 saturated heterocycles. The van der Waals surface area contributed by atoms with Crippen LogP contribution < -0.4 is 16.8 Å². The van der Waals surface area contributed by atoms with Gasteiger partial charge in [-0.2, -0.15) is 0 Å². The lowest BCUT2D eigenvalue weighted by atomic mass is 10.0. The molecule has 2 aromatic rings. The number of nitrogens with two attached hydrogens (primary N) is 2. The van der Waals surface area contributed by atoms with E-state index in [-0.39, 0.29) is 12.2 Å². The highest BCUT2D eigenvalue weighted by Crippen LogP contribution is 2.32. The number of rotatable bonds is 4. The molecule has 1 aromatic carbocycles. The molecular weight excluding hydrogens is 260 g/mol. The molecule has 20 heavy (non-hydrogen) atoms. The standard InChI is InChI=1S/C13H14N4O3/c14-12(19)9-4-5-16-11(9)8-3-1-2-7(6-18)10(8)17-13(15)20/h1-5,16,18H,6H2,(H2,14,19)(H3,15,17,20). The van der Waals surface area contributed by atoms with Gasteiger partial charge in [0.25, 0.3) is 5.91 Å². The largest absolute Gasteiger partial charge is 0.392 e. The minimum Gasteiger partial charge on any atom is -0.392 e. The Kier molecular flexibility index (Phi) is 3.72. The van der Waals surface area contributed by atoms with E-state index in [1.54, 1.807) is 24.4 Å². The first-order valence-electron chi connectivity index (χ1n) is 5.81. The van der Waals surface area contributed by atoms with Gasteiger partial charge >= 0.3 is 6.03 Å². The molecule has 104 valence electrons. The van der Waals surface area contributed by atoms with E-state index < -0.39 is 11.9 Å². The van der Waals surface area contributed by atoms with Crippen LogP contribution in [-0.4, -0.2) is 22.0 Å². The van der Waals surface area contributed by atoms with Gasteiger partial charge < -0.3 is 26.9 Å². The van der Waals surface area contributed by atoms with E-state index in [1.807, 2.05) is 0 Å². The maximum atomic E-state index is 11.4. The summed E-state index contributed by atoms with van der Waals surface area (Å²) in [6, 6.07) is 5.79. The van der Waals surface area contributed by atoms with E-state index in [0.29, 0.717) is 22.5 Å². The first-order chi connectivity index (χ1) is 9.54. The fourth-order valence-electron chi connectivity index (χ4n) is 2.01. The number of nitrogens with one attached hydrogen (secondary N) is 2. The van der Waals surface area contributed by atoms with E-state index in [0.717, 1.165) is 0 Å². The lowest BCUT2D eigenvalue weighted by molar-refractivity contribution is 0.100. The quantitative estimate of drug-likeness (QED) is 0.563. The molecule has 0 aliphatic carbocycles. The van der Waals surface area contributed by atoms with Crippen LogP contribution in [0.5, 0.6) is 0 Å². The Morgan fingerprint density at radius 2 is 2.00 bits per heavy atom. The summed E-state index contributed by atoms with van der Waals surface area (Å²) in [6.07, 6.45) is 1.56. The van der Waals surface area contributed by atoms with Gasteiger partial charge in [-0.1, -0.05) is 18.2 Å². The number of carbonyl (C=O) groups is 2. The van der Waals surface area contributed by atoms with Crippen molar-refractivity contribution >= 4 is 17.6 Å². The van der Waals surface area contributed by atoms with Crippen LogP contribution in [0.1, 0.15) is 15.9 Å². The monoisotopic (exact) mass is 274 g/mol. The van der Waals surface area contributed by atoms with Crippen molar-refractivity contribution in [2.45, 2.75) is 6.61 Å². The van der Waals surface area contributed by atoms with Crippen molar-refractivity contribution in [3.05, 3.63) is 41.6 Å². The molecule has 0 bridgehead atoms. The fraction of sp³-hybridized carbons (Fsp3) is 0.0769. The van der Waals surface area contributed by atoms with E-state index in [9.17, 15) is 14.7 Å². The van der Waals surface area contributed by atoms with Gasteiger partial charge in [-0.05, 0) is 6.07 Å². The number of benzene rings is 1. The lowest BCUT2D eigenvalue weighted by Crippen LogP contribution is -2.21. The second-order valence-corrected chi connectivity index (χ2v) is 4.12. The van der Waals surface area contributed by atoms with Gasteiger partial charge in [0, 0.05) is 17.3 Å². The van der Waals surface area contributed by atoms with Crippen LogP contribution in [0.2, 0.25) is 0 Å². The molecule has 7 N–H and O–H groups in total. The van der Waals surface area contributed by atoms with Gasteiger partial charge in [0.1, 0.15) is 0 Å². The van der Waals surface area contributed by atoms with E-state index in [4.69, 9.17) is 11.5 Å². The Morgan fingerprint density at radius 3 is 2.60 bits per heavy atom. The summed E-state index contributed by atoms with van der Waals surface area (Å²) in [5.74, 6) is -0.597. The maximum absolute atomic E-state index is 11.4. The topological polar surface area (TPSA) is 134 Å². The highest BCUT2D eigenvalue weighted by atomic mass is 16.3. The summed E-state index contributed by atoms with van der Waals surface area (Å²) in [5, 5.41) is 11.8. The molecule has 0 spiro atoms. The van der Waals surface area contributed by atoms with Crippen molar-refractivity contribution in [3.8, 4) is 11.3 Å². The van der Waals surface area contributed by atoms with Crippen molar-refractivity contribution in [2.75, 3.05) is 5.32 Å². The minimum atomic E-state index is -0.765. The molecule has 7 nitrogen and oxygen atoms in total. The van der Waals surface area contributed by atoms with Crippen LogP contribution in [0.15, 0.2) is 30.5 Å². The smallest absolute Gasteiger partial charge is 0.316 e. The molecule has 0 aliphatic rings. The van der Waals surface area contributed by atoms with Crippen molar-refractivity contribution in [1.29, 1.82) is 0 Å². The Hall–Kier alpha value is -2.80. The SMILES string of the molecule is NC(=O)Nc1c(CO)cccc1-c1[nH]ccc1C(N)=O. The van der Waals surface area contributed by atoms with Gasteiger partial charge in [-0.15, -0.1) is 0 Å². The predicted molar refractivity (Wildman–Crippen MR) is 73.9 cm³/mol. The summed E-state index contributed by atoms with van der Waals surface area (Å²) in [6.45, 7) is -0.282. The van der Waals surface area contributed by atoms with Crippen molar-refractivity contribution < 1.29 is 14.7 Å². The zero-order valence-corrected chi connectivity index (χ0v) is 10.5. The summed E-state index contributed by atoms with van der Waals surface area (Å²) < 4.78 is 0. The average molecular weight is 274 g/mol. The number of hydrogen-bond acceptors (Lipinski definition) is 3. The van der Waals surface area contributed by atoms with Crippen LogP contribution in [0.25, 0.3) is 11.3 Å². The number of aromatic amines is 1. The van der Waals surface area contributed by atoms with Crippen LogP contribution >= 0.6 is 0 Å². The summed E-state index contributed by atoms with van der Waals surface area (Å²) in [7, 11) is 0. The number of carbonyl (C=O) groups excluding carboxylic acids is 2. The number of H-pyrrole nitrogens is 1. The predicted octanol–water partition coefficient (Wildman–Crippen LogP) is 0.764. The van der Waals surface area contributed by atoms with Crippen LogP contribution in [0.4, 0.5) is 10.5 Å². The number of urea groups is 1. The number of anilines is 1. The molecule has 3 amide bonds. The second kappa shape index (κ2) is 5.45. The van der Waals surface area contributed by atoms with Gasteiger partial charge in [-0.25, -0.2) is 4.79 Å². The number of aromatic nitrogens is 1. The number of para-hydroxylation sites is 1. The average Bonchev–Trinajstić information content (AvgIpc) is 2.87. The highest BCUT2D eigenvalue weighted by molar-refractivity contribution is 6.02. The molecule has 7 heteroatoms. The molecule has 0 aliphatic heterocycles. The molecule has 1 aromatic heterocycles. The maximum Gasteiger partial charge on any atom is 0.316 e. The first kappa shape index (κ1) is 13.6. The fourth-order valence-corrected chi connectivity index (χ4v) is 2.01. The Labute approximate surface area is 114 Å². The first-order valence-corrected chi connectivity index (χ1v) is 5.81. The van der Waals surface area contributed by atoms with E-state index >= 15 is 0 Å². The Bertz CT molecular complexity index is 663. The van der Waals surface area contributed by atoms with Crippen molar-refractivity contribution in [2.24, 2.45) is 11.5 Å². The molecule has 0 atom stereocenters. The van der Waals surface area contributed by atoms with Crippen LogP contribution in [0.3, 0.4) is 0 Å². The third-order valence-corrected chi connectivity index (χ3v) is 2.85. The summed E-state index contributed by atoms with van der Waals surface area (Å²) in [5.41, 5.74) is 12.5. The number of aliphatic hydroxyl groups is 1. The molecular formula is C13H14N4O3. The Morgan fingerprint density at radius 1 is 1.25 bits per heavy atom.